The summed E-state index contributed by atoms with van der Waals surface area (Å²) in [7, 11) is 0. The lowest BCUT2D eigenvalue weighted by Gasteiger charge is -2.37. The average Bonchev–Trinajstić information content (AvgIpc) is 2.39. The molecule has 0 unspecified atom stereocenters. The van der Waals surface area contributed by atoms with Crippen LogP contribution in [-0.4, -0.2) is 30.0 Å². The van der Waals surface area contributed by atoms with Crippen molar-refractivity contribution in [2.45, 2.75) is 25.4 Å². The lowest BCUT2D eigenvalue weighted by molar-refractivity contribution is 0.241. The van der Waals surface area contributed by atoms with Gasteiger partial charge in [-0.05, 0) is 37.6 Å². The van der Waals surface area contributed by atoms with Gasteiger partial charge in [-0.1, -0.05) is 18.2 Å². The van der Waals surface area contributed by atoms with E-state index in [9.17, 15) is 0 Å². The first kappa shape index (κ1) is 10.6. The third kappa shape index (κ3) is 2.00. The minimum Gasteiger partial charge on any atom is -0.369 e. The zero-order valence-corrected chi connectivity index (χ0v) is 9.89. The fourth-order valence-electron chi connectivity index (χ4n) is 2.64. The van der Waals surface area contributed by atoms with Crippen LogP contribution in [0.5, 0.6) is 0 Å². The summed E-state index contributed by atoms with van der Waals surface area (Å²) in [5, 5.41) is 3.38. The number of piperidine rings is 1. The van der Waals surface area contributed by atoms with Crippen molar-refractivity contribution in [2.24, 2.45) is 10.7 Å². The van der Waals surface area contributed by atoms with E-state index >= 15 is 0 Å². The van der Waals surface area contributed by atoms with Crippen LogP contribution in [0.3, 0.4) is 0 Å². The fourth-order valence-corrected chi connectivity index (χ4v) is 2.64. The van der Waals surface area contributed by atoms with E-state index in [1.807, 2.05) is 12.1 Å². The maximum atomic E-state index is 6.08. The Bertz CT molecular complexity index is 435. The highest BCUT2D eigenvalue weighted by Gasteiger charge is 2.25. The first-order chi connectivity index (χ1) is 8.34. The predicted molar refractivity (Wildman–Crippen MR) is 69.2 cm³/mol. The number of aliphatic imine (C=N–C) groups is 1. The molecular formula is C13H18N4. The van der Waals surface area contributed by atoms with Gasteiger partial charge in [-0.25, -0.2) is 4.99 Å². The summed E-state index contributed by atoms with van der Waals surface area (Å²) in [4.78, 5) is 6.76. The SMILES string of the molecule is NC1=Nc2ccccc2CN1C1CCNCC1. The van der Waals surface area contributed by atoms with Gasteiger partial charge >= 0.3 is 0 Å². The maximum absolute atomic E-state index is 6.08. The van der Waals surface area contributed by atoms with Crippen molar-refractivity contribution >= 4 is 11.6 Å². The highest BCUT2D eigenvalue weighted by molar-refractivity contribution is 5.83. The van der Waals surface area contributed by atoms with Crippen LogP contribution in [0.25, 0.3) is 0 Å². The molecule has 0 bridgehead atoms. The highest BCUT2D eigenvalue weighted by Crippen LogP contribution is 2.27. The smallest absolute Gasteiger partial charge is 0.197 e. The molecule has 2 aliphatic heterocycles. The standard InChI is InChI=1S/C13H18N4/c14-13-16-12-4-2-1-3-10(12)9-17(13)11-5-7-15-8-6-11/h1-4,11,15H,5-9H2,(H2,14,16). The van der Waals surface area contributed by atoms with E-state index in [1.54, 1.807) is 0 Å². The first-order valence-corrected chi connectivity index (χ1v) is 6.24. The fraction of sp³-hybridized carbons (Fsp3) is 0.462. The van der Waals surface area contributed by atoms with Crippen LogP contribution in [0.1, 0.15) is 18.4 Å². The molecule has 0 aromatic heterocycles. The second kappa shape index (κ2) is 4.37. The molecule has 0 aliphatic carbocycles. The van der Waals surface area contributed by atoms with E-state index in [0.717, 1.165) is 38.2 Å². The minimum atomic E-state index is 0.536. The van der Waals surface area contributed by atoms with Gasteiger partial charge in [0.25, 0.3) is 0 Å². The van der Waals surface area contributed by atoms with Gasteiger partial charge in [0.15, 0.2) is 5.96 Å². The van der Waals surface area contributed by atoms with Gasteiger partial charge in [0.1, 0.15) is 0 Å². The molecule has 4 nitrogen and oxygen atoms in total. The molecule has 0 spiro atoms. The molecule has 0 radical (unpaired) electrons. The number of para-hydroxylation sites is 1. The number of hydrogen-bond acceptors (Lipinski definition) is 4. The molecule has 2 aliphatic rings. The van der Waals surface area contributed by atoms with Crippen molar-refractivity contribution in [3.05, 3.63) is 29.8 Å². The summed E-state index contributed by atoms with van der Waals surface area (Å²) in [5.41, 5.74) is 8.38. The molecule has 0 amide bonds. The van der Waals surface area contributed by atoms with E-state index in [4.69, 9.17) is 5.73 Å². The van der Waals surface area contributed by atoms with Crippen LogP contribution in [-0.2, 0) is 6.54 Å². The molecular weight excluding hydrogens is 212 g/mol. The van der Waals surface area contributed by atoms with Crippen molar-refractivity contribution in [3.63, 3.8) is 0 Å². The summed E-state index contributed by atoms with van der Waals surface area (Å²) in [5.74, 6) is 0.676. The summed E-state index contributed by atoms with van der Waals surface area (Å²) in [6.45, 7) is 3.06. The largest absolute Gasteiger partial charge is 0.369 e. The van der Waals surface area contributed by atoms with Gasteiger partial charge in [0.05, 0.1) is 5.69 Å². The molecule has 3 N–H and O–H groups in total. The van der Waals surface area contributed by atoms with Gasteiger partial charge in [-0.15, -0.1) is 0 Å². The van der Waals surface area contributed by atoms with E-state index in [2.05, 4.69) is 27.3 Å². The van der Waals surface area contributed by atoms with Crippen LogP contribution < -0.4 is 11.1 Å². The number of nitrogens with two attached hydrogens (primary N) is 1. The van der Waals surface area contributed by atoms with Crippen LogP contribution in [0.4, 0.5) is 5.69 Å². The maximum Gasteiger partial charge on any atom is 0.197 e. The molecule has 1 aromatic carbocycles. The number of guanidine groups is 1. The molecule has 0 atom stereocenters. The van der Waals surface area contributed by atoms with E-state index in [1.165, 1.54) is 5.56 Å². The predicted octanol–water partition coefficient (Wildman–Crippen LogP) is 1.20. The Labute approximate surface area is 102 Å². The number of rotatable bonds is 1. The number of fused-ring (bicyclic) bond motifs is 1. The van der Waals surface area contributed by atoms with Crippen molar-refractivity contribution < 1.29 is 0 Å². The zero-order chi connectivity index (χ0) is 11.7. The van der Waals surface area contributed by atoms with Crippen molar-refractivity contribution in [3.8, 4) is 0 Å². The molecule has 1 fully saturated rings. The van der Waals surface area contributed by atoms with E-state index in [-0.39, 0.29) is 0 Å². The molecule has 17 heavy (non-hydrogen) atoms. The molecule has 0 saturated carbocycles. The number of benzene rings is 1. The number of nitrogens with zero attached hydrogens (tertiary/aromatic N) is 2. The van der Waals surface area contributed by atoms with Crippen LogP contribution >= 0.6 is 0 Å². The third-order valence-corrected chi connectivity index (χ3v) is 3.61. The Morgan fingerprint density at radius 1 is 1.24 bits per heavy atom. The first-order valence-electron chi connectivity index (χ1n) is 6.24. The van der Waals surface area contributed by atoms with Gasteiger partial charge in [0, 0.05) is 12.6 Å². The van der Waals surface area contributed by atoms with Crippen LogP contribution in [0.2, 0.25) is 0 Å². The number of nitrogens with one attached hydrogen (secondary N) is 1. The molecule has 1 saturated heterocycles. The van der Waals surface area contributed by atoms with Gasteiger partial charge in [-0.2, -0.15) is 0 Å². The van der Waals surface area contributed by atoms with Crippen molar-refractivity contribution in [1.29, 1.82) is 0 Å². The minimum absolute atomic E-state index is 0.536. The number of hydrogen-bond donors (Lipinski definition) is 2. The Kier molecular flexibility index (Phi) is 2.73. The monoisotopic (exact) mass is 230 g/mol. The summed E-state index contributed by atoms with van der Waals surface area (Å²) >= 11 is 0. The van der Waals surface area contributed by atoms with Gasteiger partial charge < -0.3 is 16.0 Å². The molecule has 1 aromatic rings. The highest BCUT2D eigenvalue weighted by atomic mass is 15.3. The topological polar surface area (TPSA) is 53.6 Å². The molecule has 3 rings (SSSR count). The van der Waals surface area contributed by atoms with Gasteiger partial charge in [0.2, 0.25) is 0 Å². The van der Waals surface area contributed by atoms with E-state index < -0.39 is 0 Å². The molecule has 90 valence electrons. The average molecular weight is 230 g/mol. The summed E-state index contributed by atoms with van der Waals surface area (Å²) < 4.78 is 0. The normalized spacial score (nSPS) is 20.9. The molecule has 2 heterocycles. The third-order valence-electron chi connectivity index (χ3n) is 3.61. The Balaban J connectivity index is 1.85. The van der Waals surface area contributed by atoms with Crippen molar-refractivity contribution in [2.75, 3.05) is 13.1 Å². The lowest BCUT2D eigenvalue weighted by Crippen LogP contribution is -2.49. The lowest BCUT2D eigenvalue weighted by atomic mass is 10.0. The van der Waals surface area contributed by atoms with Gasteiger partial charge in [-0.3, -0.25) is 0 Å². The molecule has 4 heteroatoms. The Morgan fingerprint density at radius 2 is 2.00 bits per heavy atom. The second-order valence-corrected chi connectivity index (χ2v) is 4.71. The Hall–Kier alpha value is -1.55. The summed E-state index contributed by atoms with van der Waals surface area (Å²) in [6, 6.07) is 8.78. The van der Waals surface area contributed by atoms with Crippen molar-refractivity contribution in [1.82, 2.24) is 10.2 Å². The van der Waals surface area contributed by atoms with Crippen LogP contribution in [0, 0.1) is 0 Å². The summed E-state index contributed by atoms with van der Waals surface area (Å²) in [6.07, 6.45) is 2.30. The van der Waals surface area contributed by atoms with Crippen LogP contribution in [0.15, 0.2) is 29.3 Å². The Morgan fingerprint density at radius 3 is 2.82 bits per heavy atom. The second-order valence-electron chi connectivity index (χ2n) is 4.71. The zero-order valence-electron chi connectivity index (χ0n) is 9.89. The quantitative estimate of drug-likeness (QED) is 0.762. The van der Waals surface area contributed by atoms with E-state index in [0.29, 0.717) is 12.0 Å².